The van der Waals surface area contributed by atoms with Gasteiger partial charge in [0.05, 0.1) is 0 Å². The van der Waals surface area contributed by atoms with Crippen molar-refractivity contribution in [3.63, 3.8) is 0 Å². The maximum absolute atomic E-state index is 4.67. The van der Waals surface area contributed by atoms with Gasteiger partial charge in [0, 0.05) is 36.3 Å². The summed E-state index contributed by atoms with van der Waals surface area (Å²) in [7, 11) is 0. The third-order valence-corrected chi connectivity index (χ3v) is 3.98. The van der Waals surface area contributed by atoms with Crippen molar-refractivity contribution in [1.82, 2.24) is 15.0 Å². The molecule has 24 heavy (non-hydrogen) atoms. The molecule has 4 rings (SSSR count). The molecular weight excluding hydrogens is 298 g/mol. The van der Waals surface area contributed by atoms with Crippen LogP contribution in [0, 0.1) is 5.92 Å². The van der Waals surface area contributed by atoms with Crippen LogP contribution < -0.4 is 10.6 Å². The molecule has 5 nitrogen and oxygen atoms in total. The van der Waals surface area contributed by atoms with Gasteiger partial charge < -0.3 is 10.6 Å². The van der Waals surface area contributed by atoms with Crippen LogP contribution in [0.1, 0.15) is 12.8 Å². The number of pyridine rings is 1. The van der Waals surface area contributed by atoms with Crippen LogP contribution in [0.3, 0.4) is 0 Å². The highest BCUT2D eigenvalue weighted by molar-refractivity contribution is 5.64. The Balaban J connectivity index is 1.64. The lowest BCUT2D eigenvalue weighted by Gasteiger charge is -2.11. The molecule has 3 aromatic rings. The van der Waals surface area contributed by atoms with Crippen molar-refractivity contribution in [3.05, 3.63) is 60.9 Å². The van der Waals surface area contributed by atoms with E-state index >= 15 is 0 Å². The first-order chi connectivity index (χ1) is 11.9. The van der Waals surface area contributed by atoms with Crippen LogP contribution in [0.4, 0.5) is 17.3 Å². The predicted molar refractivity (Wildman–Crippen MR) is 96.2 cm³/mol. The molecule has 0 atom stereocenters. The number of rotatable bonds is 6. The first-order valence-electron chi connectivity index (χ1n) is 8.22. The Labute approximate surface area is 141 Å². The molecule has 0 aliphatic heterocycles. The summed E-state index contributed by atoms with van der Waals surface area (Å²) in [6.45, 7) is 0.972. The molecule has 1 aliphatic carbocycles. The summed E-state index contributed by atoms with van der Waals surface area (Å²) >= 11 is 0. The van der Waals surface area contributed by atoms with Crippen molar-refractivity contribution in [2.45, 2.75) is 12.8 Å². The lowest BCUT2D eigenvalue weighted by molar-refractivity contribution is 0.882. The van der Waals surface area contributed by atoms with Gasteiger partial charge in [0.15, 0.2) is 5.82 Å². The minimum absolute atomic E-state index is 0.716. The fourth-order valence-corrected chi connectivity index (χ4v) is 2.47. The minimum Gasteiger partial charge on any atom is -0.370 e. The molecule has 0 unspecified atom stereocenters. The molecule has 5 heteroatoms. The molecule has 1 aliphatic rings. The summed E-state index contributed by atoms with van der Waals surface area (Å²) in [5.74, 6) is 3.13. The van der Waals surface area contributed by atoms with Crippen molar-refractivity contribution in [2.75, 3.05) is 17.2 Å². The zero-order chi connectivity index (χ0) is 16.2. The van der Waals surface area contributed by atoms with Gasteiger partial charge in [-0.15, -0.1) is 0 Å². The molecule has 0 bridgehead atoms. The highest BCUT2D eigenvalue weighted by atomic mass is 15.1. The zero-order valence-corrected chi connectivity index (χ0v) is 13.3. The van der Waals surface area contributed by atoms with E-state index in [0.29, 0.717) is 5.82 Å². The first-order valence-corrected chi connectivity index (χ1v) is 8.22. The number of nitrogens with one attached hydrogen (secondary N) is 2. The van der Waals surface area contributed by atoms with Crippen molar-refractivity contribution >= 4 is 17.3 Å². The number of anilines is 3. The monoisotopic (exact) mass is 317 g/mol. The van der Waals surface area contributed by atoms with E-state index in [0.717, 1.165) is 35.3 Å². The molecule has 1 fully saturated rings. The Morgan fingerprint density at radius 3 is 2.42 bits per heavy atom. The average Bonchev–Trinajstić information content (AvgIpc) is 3.46. The lowest BCUT2D eigenvalue weighted by atomic mass is 10.2. The Kier molecular flexibility index (Phi) is 4.06. The van der Waals surface area contributed by atoms with Crippen molar-refractivity contribution in [1.29, 1.82) is 0 Å². The maximum Gasteiger partial charge on any atom is 0.163 e. The Hall–Kier alpha value is -2.95. The van der Waals surface area contributed by atoms with Gasteiger partial charge in [0.25, 0.3) is 0 Å². The summed E-state index contributed by atoms with van der Waals surface area (Å²) in [5.41, 5.74) is 1.96. The van der Waals surface area contributed by atoms with Gasteiger partial charge in [-0.1, -0.05) is 30.3 Å². The molecule has 2 N–H and O–H groups in total. The fraction of sp³-hybridized carbons (Fsp3) is 0.211. The molecule has 1 saturated carbocycles. The number of hydrogen-bond acceptors (Lipinski definition) is 5. The molecule has 0 saturated heterocycles. The van der Waals surface area contributed by atoms with Crippen LogP contribution in [0.2, 0.25) is 0 Å². The smallest absolute Gasteiger partial charge is 0.163 e. The molecule has 1 aromatic carbocycles. The second-order valence-corrected chi connectivity index (χ2v) is 6.01. The summed E-state index contributed by atoms with van der Waals surface area (Å²) < 4.78 is 0. The number of aromatic nitrogens is 3. The van der Waals surface area contributed by atoms with Crippen molar-refractivity contribution in [2.24, 2.45) is 5.92 Å². The SMILES string of the molecule is c1ccc(-c2nc(NCC3CC3)cc(Nc3ccncc3)n2)cc1. The third-order valence-electron chi connectivity index (χ3n) is 3.98. The average molecular weight is 317 g/mol. The highest BCUT2D eigenvalue weighted by Crippen LogP contribution is 2.29. The van der Waals surface area contributed by atoms with E-state index in [1.165, 1.54) is 12.8 Å². The van der Waals surface area contributed by atoms with Crippen molar-refractivity contribution in [3.8, 4) is 11.4 Å². The third kappa shape index (κ3) is 3.68. The minimum atomic E-state index is 0.716. The second-order valence-electron chi connectivity index (χ2n) is 6.01. The Morgan fingerprint density at radius 2 is 1.67 bits per heavy atom. The van der Waals surface area contributed by atoms with Crippen LogP contribution in [-0.2, 0) is 0 Å². The molecule has 120 valence electrons. The van der Waals surface area contributed by atoms with Gasteiger partial charge >= 0.3 is 0 Å². The van der Waals surface area contributed by atoms with Gasteiger partial charge in [-0.05, 0) is 30.9 Å². The zero-order valence-electron chi connectivity index (χ0n) is 13.3. The largest absolute Gasteiger partial charge is 0.370 e. The summed E-state index contributed by atoms with van der Waals surface area (Å²) in [6.07, 6.45) is 6.14. The van der Waals surface area contributed by atoms with E-state index in [2.05, 4.69) is 25.6 Å². The maximum atomic E-state index is 4.67. The van der Waals surface area contributed by atoms with E-state index in [9.17, 15) is 0 Å². The van der Waals surface area contributed by atoms with Gasteiger partial charge in [0.2, 0.25) is 0 Å². The number of hydrogen-bond donors (Lipinski definition) is 2. The summed E-state index contributed by atoms with van der Waals surface area (Å²) in [5, 5.41) is 6.77. The first kappa shape index (κ1) is 14.6. The fourth-order valence-electron chi connectivity index (χ4n) is 2.47. The van der Waals surface area contributed by atoms with Gasteiger partial charge in [-0.2, -0.15) is 0 Å². The standard InChI is InChI=1S/C19H19N5/c1-2-4-15(5-3-1)19-23-17(21-13-14-6-7-14)12-18(24-19)22-16-8-10-20-11-9-16/h1-5,8-12,14H,6-7,13H2,(H2,20,21,22,23,24). The van der Waals surface area contributed by atoms with Gasteiger partial charge in [0.1, 0.15) is 11.6 Å². The number of benzene rings is 1. The predicted octanol–water partition coefficient (Wildman–Crippen LogP) is 4.10. The van der Waals surface area contributed by atoms with Gasteiger partial charge in [-0.3, -0.25) is 4.98 Å². The second kappa shape index (κ2) is 6.66. The summed E-state index contributed by atoms with van der Waals surface area (Å²) in [6, 6.07) is 15.8. The molecular formula is C19H19N5. The van der Waals surface area contributed by atoms with E-state index < -0.39 is 0 Å². The van der Waals surface area contributed by atoms with Crippen LogP contribution in [-0.4, -0.2) is 21.5 Å². The van der Waals surface area contributed by atoms with E-state index in [1.807, 2.05) is 48.5 Å². The molecule has 2 aromatic heterocycles. The molecule has 0 spiro atoms. The highest BCUT2D eigenvalue weighted by Gasteiger charge is 2.21. The van der Waals surface area contributed by atoms with E-state index in [-0.39, 0.29) is 0 Å². The van der Waals surface area contributed by atoms with E-state index in [4.69, 9.17) is 0 Å². The molecule has 0 amide bonds. The van der Waals surface area contributed by atoms with Gasteiger partial charge in [-0.25, -0.2) is 9.97 Å². The van der Waals surface area contributed by atoms with Crippen molar-refractivity contribution < 1.29 is 0 Å². The molecule has 0 radical (unpaired) electrons. The van der Waals surface area contributed by atoms with Crippen LogP contribution in [0.5, 0.6) is 0 Å². The van der Waals surface area contributed by atoms with Crippen LogP contribution in [0.25, 0.3) is 11.4 Å². The Bertz CT molecular complexity index is 801. The Morgan fingerprint density at radius 1 is 0.917 bits per heavy atom. The normalized spacial score (nSPS) is 13.5. The summed E-state index contributed by atoms with van der Waals surface area (Å²) in [4.78, 5) is 13.4. The van der Waals surface area contributed by atoms with Crippen LogP contribution >= 0.6 is 0 Å². The molecule has 2 heterocycles. The topological polar surface area (TPSA) is 62.7 Å². The van der Waals surface area contributed by atoms with Crippen LogP contribution in [0.15, 0.2) is 60.9 Å². The van der Waals surface area contributed by atoms with E-state index in [1.54, 1.807) is 12.4 Å². The lowest BCUT2D eigenvalue weighted by Crippen LogP contribution is -2.07. The quantitative estimate of drug-likeness (QED) is 0.716. The number of nitrogens with zero attached hydrogens (tertiary/aromatic N) is 3.